The molecule has 1 amide bonds. The van der Waals surface area contributed by atoms with Crippen LogP contribution in [0, 0.1) is 5.92 Å². The summed E-state index contributed by atoms with van der Waals surface area (Å²) in [5, 5.41) is 10.1. The Labute approximate surface area is 116 Å². The maximum absolute atomic E-state index is 12.1. The second-order valence-electron chi connectivity index (χ2n) is 4.78. The highest BCUT2D eigenvalue weighted by Crippen LogP contribution is 2.14. The van der Waals surface area contributed by atoms with Gasteiger partial charge in [0.15, 0.2) is 5.82 Å². The van der Waals surface area contributed by atoms with E-state index in [9.17, 15) is 4.79 Å². The zero-order valence-corrected chi connectivity index (χ0v) is 11.0. The number of carbonyl (C=O) groups excluding carboxylic acids is 1. The molecule has 1 saturated heterocycles. The summed E-state index contributed by atoms with van der Waals surface area (Å²) in [6.45, 7) is 1.74. The normalized spacial score (nSPS) is 18.7. The molecule has 0 aliphatic carbocycles. The summed E-state index contributed by atoms with van der Waals surface area (Å²) < 4.78 is 1.57. The van der Waals surface area contributed by atoms with Gasteiger partial charge in [-0.3, -0.25) is 4.79 Å². The lowest BCUT2D eigenvalue weighted by molar-refractivity contribution is -0.120. The van der Waals surface area contributed by atoms with Gasteiger partial charge in [-0.2, -0.15) is 5.10 Å². The van der Waals surface area contributed by atoms with Crippen LogP contribution in [0.4, 0.5) is 5.69 Å². The van der Waals surface area contributed by atoms with Crippen molar-refractivity contribution < 1.29 is 4.79 Å². The number of carbonyl (C=O) groups is 1. The molecular weight excluding hydrogens is 256 g/mol. The third-order valence-electron chi connectivity index (χ3n) is 3.34. The van der Waals surface area contributed by atoms with Crippen LogP contribution >= 0.6 is 0 Å². The fraction of sp³-hybridized carbons (Fsp3) is 0.385. The van der Waals surface area contributed by atoms with Gasteiger partial charge >= 0.3 is 0 Å². The van der Waals surface area contributed by atoms with Crippen molar-refractivity contribution in [3.8, 4) is 5.82 Å². The van der Waals surface area contributed by atoms with Crippen LogP contribution in [0.5, 0.6) is 0 Å². The number of pyridine rings is 1. The van der Waals surface area contributed by atoms with Crippen molar-refractivity contribution >= 4 is 11.6 Å². The van der Waals surface area contributed by atoms with Gasteiger partial charge in [0.1, 0.15) is 12.7 Å². The van der Waals surface area contributed by atoms with Gasteiger partial charge < -0.3 is 10.6 Å². The zero-order chi connectivity index (χ0) is 13.8. The lowest BCUT2D eigenvalue weighted by Crippen LogP contribution is -2.37. The Morgan fingerprint density at radius 2 is 2.40 bits per heavy atom. The molecule has 3 rings (SSSR count). The fourth-order valence-corrected chi connectivity index (χ4v) is 2.24. The molecular formula is C13H16N6O. The van der Waals surface area contributed by atoms with E-state index < -0.39 is 0 Å². The van der Waals surface area contributed by atoms with Crippen molar-refractivity contribution in [2.75, 3.05) is 18.4 Å². The molecule has 0 spiro atoms. The Morgan fingerprint density at radius 1 is 1.45 bits per heavy atom. The van der Waals surface area contributed by atoms with E-state index in [0.717, 1.165) is 25.9 Å². The van der Waals surface area contributed by atoms with Crippen molar-refractivity contribution in [1.29, 1.82) is 0 Å². The van der Waals surface area contributed by atoms with E-state index in [1.807, 2.05) is 6.07 Å². The molecule has 1 aliphatic heterocycles. The van der Waals surface area contributed by atoms with Gasteiger partial charge in [0.25, 0.3) is 0 Å². The Balaban J connectivity index is 1.64. The molecule has 7 nitrogen and oxygen atoms in total. The number of aromatic nitrogens is 4. The molecule has 3 heterocycles. The average Bonchev–Trinajstić information content (AvgIpc) is 3.03. The minimum absolute atomic E-state index is 0.0405. The summed E-state index contributed by atoms with van der Waals surface area (Å²) in [4.78, 5) is 20.2. The molecule has 1 aliphatic rings. The maximum Gasteiger partial charge on any atom is 0.228 e. The second kappa shape index (κ2) is 5.79. The van der Waals surface area contributed by atoms with Crippen molar-refractivity contribution in [2.24, 2.45) is 5.92 Å². The van der Waals surface area contributed by atoms with Crippen LogP contribution in [-0.2, 0) is 4.79 Å². The van der Waals surface area contributed by atoms with Crippen molar-refractivity contribution in [2.45, 2.75) is 12.8 Å². The number of rotatable bonds is 3. The van der Waals surface area contributed by atoms with E-state index in [1.54, 1.807) is 23.3 Å². The molecule has 0 aromatic carbocycles. The third kappa shape index (κ3) is 2.83. The van der Waals surface area contributed by atoms with Crippen LogP contribution in [0.15, 0.2) is 31.0 Å². The van der Waals surface area contributed by atoms with Gasteiger partial charge in [-0.05, 0) is 31.5 Å². The lowest BCUT2D eigenvalue weighted by Gasteiger charge is -2.21. The average molecular weight is 272 g/mol. The van der Waals surface area contributed by atoms with Crippen molar-refractivity contribution in [3.63, 3.8) is 0 Å². The van der Waals surface area contributed by atoms with Crippen LogP contribution in [0.25, 0.3) is 5.82 Å². The monoisotopic (exact) mass is 272 g/mol. The highest BCUT2D eigenvalue weighted by atomic mass is 16.1. The number of amides is 1. The number of hydrogen-bond donors (Lipinski definition) is 2. The van der Waals surface area contributed by atoms with E-state index >= 15 is 0 Å². The molecule has 0 radical (unpaired) electrons. The summed E-state index contributed by atoms with van der Waals surface area (Å²) in [6, 6.07) is 3.61. The van der Waals surface area contributed by atoms with Gasteiger partial charge in [0.2, 0.25) is 5.91 Å². The summed E-state index contributed by atoms with van der Waals surface area (Å²) in [5.74, 6) is 0.756. The predicted molar refractivity (Wildman–Crippen MR) is 73.4 cm³/mol. The van der Waals surface area contributed by atoms with Crippen LogP contribution in [-0.4, -0.2) is 38.7 Å². The number of anilines is 1. The first-order valence-corrected chi connectivity index (χ1v) is 6.65. The minimum atomic E-state index is 0.0405. The van der Waals surface area contributed by atoms with Gasteiger partial charge in [-0.25, -0.2) is 14.6 Å². The molecule has 2 N–H and O–H groups in total. The van der Waals surface area contributed by atoms with Gasteiger partial charge in [0.05, 0.1) is 17.8 Å². The van der Waals surface area contributed by atoms with Crippen molar-refractivity contribution in [1.82, 2.24) is 25.1 Å². The topological polar surface area (TPSA) is 84.7 Å². The summed E-state index contributed by atoms with van der Waals surface area (Å²) in [7, 11) is 0. The standard InChI is InChI=1S/C13H16N6O/c20-13(10-2-1-5-14-6-10)18-11-3-4-12(16-7-11)19-9-15-8-17-19/h3-4,7-10,14H,1-2,5-6H2,(H,18,20). The van der Waals surface area contributed by atoms with E-state index in [1.165, 1.54) is 6.33 Å². The third-order valence-corrected chi connectivity index (χ3v) is 3.34. The molecule has 1 unspecified atom stereocenters. The van der Waals surface area contributed by atoms with Gasteiger partial charge in [-0.15, -0.1) is 0 Å². The molecule has 0 bridgehead atoms. The van der Waals surface area contributed by atoms with Crippen LogP contribution in [0.3, 0.4) is 0 Å². The molecule has 2 aromatic heterocycles. The molecule has 1 fully saturated rings. The first kappa shape index (κ1) is 12.7. The highest BCUT2D eigenvalue weighted by molar-refractivity contribution is 5.92. The number of piperidine rings is 1. The molecule has 1 atom stereocenters. The lowest BCUT2D eigenvalue weighted by atomic mass is 9.99. The summed E-state index contributed by atoms with van der Waals surface area (Å²) in [6.07, 6.45) is 6.64. The van der Waals surface area contributed by atoms with Crippen molar-refractivity contribution in [3.05, 3.63) is 31.0 Å². The first-order chi connectivity index (χ1) is 9.83. The number of nitrogens with zero attached hydrogens (tertiary/aromatic N) is 4. The number of nitrogens with one attached hydrogen (secondary N) is 2. The van der Waals surface area contributed by atoms with Crippen LogP contribution < -0.4 is 10.6 Å². The predicted octanol–water partition coefficient (Wildman–Crippen LogP) is 0.600. The Bertz CT molecular complexity index is 559. The molecule has 2 aromatic rings. The van der Waals surface area contributed by atoms with Gasteiger partial charge in [-0.1, -0.05) is 0 Å². The van der Waals surface area contributed by atoms with E-state index in [0.29, 0.717) is 11.5 Å². The Hall–Kier alpha value is -2.28. The molecule has 0 saturated carbocycles. The fourth-order valence-electron chi connectivity index (χ4n) is 2.24. The largest absolute Gasteiger partial charge is 0.324 e. The highest BCUT2D eigenvalue weighted by Gasteiger charge is 2.20. The van der Waals surface area contributed by atoms with Crippen LogP contribution in [0.1, 0.15) is 12.8 Å². The molecule has 104 valence electrons. The second-order valence-corrected chi connectivity index (χ2v) is 4.78. The zero-order valence-electron chi connectivity index (χ0n) is 11.0. The Morgan fingerprint density at radius 3 is 3.05 bits per heavy atom. The number of hydrogen-bond acceptors (Lipinski definition) is 5. The van der Waals surface area contributed by atoms with E-state index in [-0.39, 0.29) is 11.8 Å². The van der Waals surface area contributed by atoms with E-state index in [2.05, 4.69) is 25.7 Å². The first-order valence-electron chi connectivity index (χ1n) is 6.65. The van der Waals surface area contributed by atoms with Crippen LogP contribution in [0.2, 0.25) is 0 Å². The summed E-state index contributed by atoms with van der Waals surface area (Å²) in [5.41, 5.74) is 0.699. The van der Waals surface area contributed by atoms with Gasteiger partial charge in [0, 0.05) is 6.54 Å². The summed E-state index contributed by atoms with van der Waals surface area (Å²) >= 11 is 0. The quantitative estimate of drug-likeness (QED) is 0.854. The van der Waals surface area contributed by atoms with E-state index in [4.69, 9.17) is 0 Å². The minimum Gasteiger partial charge on any atom is -0.324 e. The SMILES string of the molecule is O=C(Nc1ccc(-n2cncn2)nc1)C1CCCNC1. The molecule has 7 heteroatoms. The smallest absolute Gasteiger partial charge is 0.228 e. The Kier molecular flexibility index (Phi) is 3.69. The maximum atomic E-state index is 12.1. The molecule has 20 heavy (non-hydrogen) atoms.